The summed E-state index contributed by atoms with van der Waals surface area (Å²) in [7, 11) is 0. The van der Waals surface area contributed by atoms with Crippen molar-refractivity contribution in [3.8, 4) is 0 Å². The number of nitrogens with zero attached hydrogens (tertiary/aromatic N) is 2. The van der Waals surface area contributed by atoms with Crippen LogP contribution in [0.3, 0.4) is 0 Å². The number of thiocarbonyl (C=S) groups is 1. The second-order valence-electron chi connectivity index (χ2n) is 6.27. The van der Waals surface area contributed by atoms with Crippen LogP contribution in [0.4, 0.5) is 0 Å². The number of rotatable bonds is 4. The zero-order valence-electron chi connectivity index (χ0n) is 12.2. The Morgan fingerprint density at radius 3 is 2.32 bits per heavy atom. The molecule has 0 aromatic carbocycles. The molecule has 2 heterocycles. The Morgan fingerprint density at radius 2 is 1.79 bits per heavy atom. The van der Waals surface area contributed by atoms with Gasteiger partial charge in [-0.15, -0.1) is 0 Å². The molecule has 5 heteroatoms. The van der Waals surface area contributed by atoms with Gasteiger partial charge < -0.3 is 15.4 Å². The molecule has 0 aliphatic carbocycles. The highest BCUT2D eigenvalue weighted by Crippen LogP contribution is 2.20. The number of ether oxygens (including phenoxy) is 1. The van der Waals surface area contributed by atoms with E-state index in [-0.39, 0.29) is 5.54 Å². The summed E-state index contributed by atoms with van der Waals surface area (Å²) in [6.07, 6.45) is 2.44. The van der Waals surface area contributed by atoms with Crippen molar-refractivity contribution in [2.24, 2.45) is 11.7 Å². The summed E-state index contributed by atoms with van der Waals surface area (Å²) in [5.41, 5.74) is 5.69. The van der Waals surface area contributed by atoms with Crippen molar-refractivity contribution in [1.82, 2.24) is 9.80 Å². The average molecular weight is 285 g/mol. The Labute approximate surface area is 122 Å². The van der Waals surface area contributed by atoms with Gasteiger partial charge >= 0.3 is 0 Å². The summed E-state index contributed by atoms with van der Waals surface area (Å²) in [6.45, 7) is 11.8. The Kier molecular flexibility index (Phi) is 5.17. The van der Waals surface area contributed by atoms with Gasteiger partial charge in [-0.25, -0.2) is 0 Å². The van der Waals surface area contributed by atoms with Crippen LogP contribution in [0.2, 0.25) is 0 Å². The van der Waals surface area contributed by atoms with Crippen LogP contribution in [0.25, 0.3) is 0 Å². The van der Waals surface area contributed by atoms with Gasteiger partial charge in [-0.1, -0.05) is 12.2 Å². The summed E-state index contributed by atoms with van der Waals surface area (Å²) < 4.78 is 5.42. The topological polar surface area (TPSA) is 41.7 Å². The Hall–Kier alpha value is -0.230. The molecule has 2 saturated heterocycles. The van der Waals surface area contributed by atoms with E-state index in [2.05, 4.69) is 23.6 Å². The molecule has 0 aromatic heterocycles. The van der Waals surface area contributed by atoms with E-state index >= 15 is 0 Å². The Bertz CT molecular complexity index is 308. The van der Waals surface area contributed by atoms with Crippen LogP contribution < -0.4 is 5.73 Å². The normalized spacial score (nSPS) is 24.5. The van der Waals surface area contributed by atoms with Crippen molar-refractivity contribution in [2.45, 2.75) is 32.2 Å². The predicted molar refractivity (Wildman–Crippen MR) is 82.4 cm³/mol. The molecular weight excluding hydrogens is 258 g/mol. The highest BCUT2D eigenvalue weighted by Gasteiger charge is 2.32. The van der Waals surface area contributed by atoms with Crippen molar-refractivity contribution in [1.29, 1.82) is 0 Å². The van der Waals surface area contributed by atoms with Crippen LogP contribution >= 0.6 is 12.2 Å². The monoisotopic (exact) mass is 285 g/mol. The maximum Gasteiger partial charge on any atom is 0.0928 e. The minimum Gasteiger partial charge on any atom is -0.392 e. The number of piperazine rings is 1. The quantitative estimate of drug-likeness (QED) is 0.783. The van der Waals surface area contributed by atoms with Gasteiger partial charge in [0.05, 0.1) is 10.5 Å². The molecule has 2 aliphatic rings. The molecular formula is C14H27N3OS. The van der Waals surface area contributed by atoms with Crippen LogP contribution in [0.5, 0.6) is 0 Å². The van der Waals surface area contributed by atoms with Gasteiger partial charge in [-0.05, 0) is 32.6 Å². The molecule has 2 fully saturated rings. The van der Waals surface area contributed by atoms with Gasteiger partial charge in [0.1, 0.15) is 0 Å². The molecule has 2 rings (SSSR count). The third-order valence-electron chi connectivity index (χ3n) is 4.62. The van der Waals surface area contributed by atoms with Gasteiger partial charge in [0.25, 0.3) is 0 Å². The molecule has 0 atom stereocenters. The number of nitrogens with two attached hydrogens (primary N) is 1. The van der Waals surface area contributed by atoms with Gasteiger partial charge in [-0.3, -0.25) is 4.90 Å². The lowest BCUT2D eigenvalue weighted by molar-refractivity contribution is 0.0341. The van der Waals surface area contributed by atoms with Crippen molar-refractivity contribution in [3.63, 3.8) is 0 Å². The SMILES string of the molecule is CC(C)(C(N)=S)N1CCN(CC2CCOCC2)CC1. The van der Waals surface area contributed by atoms with E-state index < -0.39 is 0 Å². The Balaban J connectivity index is 1.77. The molecule has 110 valence electrons. The Morgan fingerprint density at radius 1 is 1.21 bits per heavy atom. The van der Waals surface area contributed by atoms with Crippen molar-refractivity contribution in [2.75, 3.05) is 45.9 Å². The first kappa shape index (κ1) is 15.2. The van der Waals surface area contributed by atoms with E-state index in [0.717, 1.165) is 45.3 Å². The highest BCUT2D eigenvalue weighted by molar-refractivity contribution is 7.80. The fourth-order valence-electron chi connectivity index (χ4n) is 2.94. The predicted octanol–water partition coefficient (Wildman–Crippen LogP) is 1.10. The second kappa shape index (κ2) is 6.48. The first-order valence-corrected chi connectivity index (χ1v) is 7.76. The van der Waals surface area contributed by atoms with E-state index in [1.165, 1.54) is 19.4 Å². The lowest BCUT2D eigenvalue weighted by atomic mass is 9.98. The van der Waals surface area contributed by atoms with Crippen molar-refractivity contribution < 1.29 is 4.74 Å². The third-order valence-corrected chi connectivity index (χ3v) is 5.12. The molecule has 0 saturated carbocycles. The van der Waals surface area contributed by atoms with Gasteiger partial charge in [0, 0.05) is 45.9 Å². The van der Waals surface area contributed by atoms with Crippen LogP contribution in [0.15, 0.2) is 0 Å². The van der Waals surface area contributed by atoms with Crippen LogP contribution in [0, 0.1) is 5.92 Å². The number of hydrogen-bond acceptors (Lipinski definition) is 4. The van der Waals surface area contributed by atoms with Gasteiger partial charge in [0.2, 0.25) is 0 Å². The van der Waals surface area contributed by atoms with Crippen molar-refractivity contribution in [3.05, 3.63) is 0 Å². The fourth-order valence-corrected chi connectivity index (χ4v) is 3.07. The first-order valence-electron chi connectivity index (χ1n) is 7.35. The first-order chi connectivity index (χ1) is 9.00. The summed E-state index contributed by atoms with van der Waals surface area (Å²) in [6, 6.07) is 0. The summed E-state index contributed by atoms with van der Waals surface area (Å²) in [5, 5.41) is 0. The summed E-state index contributed by atoms with van der Waals surface area (Å²) >= 11 is 5.18. The average Bonchev–Trinajstić information content (AvgIpc) is 2.40. The molecule has 0 radical (unpaired) electrons. The molecule has 0 aromatic rings. The largest absolute Gasteiger partial charge is 0.392 e. The molecule has 19 heavy (non-hydrogen) atoms. The van der Waals surface area contributed by atoms with E-state index in [4.69, 9.17) is 22.7 Å². The maximum absolute atomic E-state index is 5.85. The molecule has 0 amide bonds. The summed E-state index contributed by atoms with van der Waals surface area (Å²) in [4.78, 5) is 5.60. The minimum absolute atomic E-state index is 0.153. The van der Waals surface area contributed by atoms with Gasteiger partial charge in [-0.2, -0.15) is 0 Å². The maximum atomic E-state index is 5.85. The van der Waals surface area contributed by atoms with Crippen LogP contribution in [-0.2, 0) is 4.74 Å². The zero-order valence-corrected chi connectivity index (χ0v) is 13.0. The molecule has 0 spiro atoms. The summed E-state index contributed by atoms with van der Waals surface area (Å²) in [5.74, 6) is 0.823. The molecule has 2 aliphatic heterocycles. The smallest absolute Gasteiger partial charge is 0.0928 e. The standard InChI is InChI=1S/C14H27N3OS/c1-14(2,13(15)19)17-7-5-16(6-8-17)11-12-3-9-18-10-4-12/h12H,3-11H2,1-2H3,(H2,15,19). The molecule has 4 nitrogen and oxygen atoms in total. The molecule has 0 unspecified atom stereocenters. The van der Waals surface area contributed by atoms with Crippen molar-refractivity contribution >= 4 is 17.2 Å². The fraction of sp³-hybridized carbons (Fsp3) is 0.929. The van der Waals surface area contributed by atoms with E-state index in [1.54, 1.807) is 0 Å². The third kappa shape index (κ3) is 3.88. The lowest BCUT2D eigenvalue weighted by Gasteiger charge is -2.44. The van der Waals surface area contributed by atoms with Crippen LogP contribution in [-0.4, -0.2) is 66.3 Å². The van der Waals surface area contributed by atoms with E-state index in [0.29, 0.717) is 4.99 Å². The van der Waals surface area contributed by atoms with E-state index in [9.17, 15) is 0 Å². The van der Waals surface area contributed by atoms with Gasteiger partial charge in [0.15, 0.2) is 0 Å². The number of hydrogen-bond donors (Lipinski definition) is 1. The lowest BCUT2D eigenvalue weighted by Crippen LogP contribution is -2.59. The molecule has 0 bridgehead atoms. The second-order valence-corrected chi connectivity index (χ2v) is 6.71. The van der Waals surface area contributed by atoms with Crippen LogP contribution in [0.1, 0.15) is 26.7 Å². The van der Waals surface area contributed by atoms with E-state index in [1.807, 2.05) is 0 Å². The molecule has 2 N–H and O–H groups in total. The zero-order chi connectivity index (χ0) is 13.9. The minimum atomic E-state index is -0.153. The highest BCUT2D eigenvalue weighted by atomic mass is 32.1.